The molecule has 1 fully saturated rings. The second-order valence-corrected chi connectivity index (χ2v) is 10.2. The van der Waals surface area contributed by atoms with E-state index < -0.39 is 29.4 Å². The number of hydrogen-bond acceptors (Lipinski definition) is 5. The molecular formula is C31H33ClF3N3O3. The fourth-order valence-electron chi connectivity index (χ4n) is 4.50. The van der Waals surface area contributed by atoms with E-state index in [-0.39, 0.29) is 43.3 Å². The highest BCUT2D eigenvalue weighted by Crippen LogP contribution is 2.27. The second kappa shape index (κ2) is 14.4. The molecule has 6 nitrogen and oxygen atoms in total. The van der Waals surface area contributed by atoms with Gasteiger partial charge in [-0.1, -0.05) is 36.4 Å². The van der Waals surface area contributed by atoms with Gasteiger partial charge in [0.2, 0.25) is 0 Å². The molecular weight excluding hydrogens is 555 g/mol. The fraction of sp³-hybridized carbons (Fsp3) is 0.355. The Morgan fingerprint density at radius 3 is 2.29 bits per heavy atom. The number of nitrogens with zero attached hydrogens (tertiary/aromatic N) is 3. The molecule has 0 unspecified atom stereocenters. The summed E-state index contributed by atoms with van der Waals surface area (Å²) >= 11 is 0. The van der Waals surface area contributed by atoms with E-state index in [9.17, 15) is 22.8 Å². The van der Waals surface area contributed by atoms with E-state index in [4.69, 9.17) is 4.74 Å². The standard InChI is InChI=1S/C25H26F3N3O3.C6H6.ClH/c1-25(2,28)21(33)4-3-15-10-19(22(23(26)27)29-12-15)20(32)11-16-9-17-5-7-31(24(17)30-13-16)18-6-8-34-14-18;1-2-4-6-5-3-1;/h5,7,9-10,12-13,18,23H,3-4,6,8,11,14H2,1-2H3;1-6H;1H/t18-;;/m0../s1. The van der Waals surface area contributed by atoms with Crippen molar-refractivity contribution in [2.24, 2.45) is 0 Å². The molecule has 1 saturated heterocycles. The third-order valence-electron chi connectivity index (χ3n) is 6.73. The molecule has 1 aliphatic rings. The summed E-state index contributed by atoms with van der Waals surface area (Å²) in [5, 5.41) is 0.852. The Kier molecular flexibility index (Phi) is 11.2. The average Bonchev–Trinajstić information content (AvgIpc) is 3.62. The van der Waals surface area contributed by atoms with Crippen LogP contribution in [-0.4, -0.2) is 45.0 Å². The van der Waals surface area contributed by atoms with Gasteiger partial charge in [-0.05, 0) is 56.0 Å². The van der Waals surface area contributed by atoms with Gasteiger partial charge in [0, 0.05) is 49.0 Å². The van der Waals surface area contributed by atoms with Crippen LogP contribution in [-0.2, 0) is 22.4 Å². The molecule has 0 saturated carbocycles. The van der Waals surface area contributed by atoms with Gasteiger partial charge < -0.3 is 9.30 Å². The monoisotopic (exact) mass is 587 g/mol. The van der Waals surface area contributed by atoms with Gasteiger partial charge in [-0.15, -0.1) is 12.4 Å². The lowest BCUT2D eigenvalue weighted by Crippen LogP contribution is -2.26. The minimum absolute atomic E-state index is 0. The quantitative estimate of drug-likeness (QED) is 0.195. The van der Waals surface area contributed by atoms with E-state index in [2.05, 4.69) is 14.5 Å². The molecule has 1 aromatic carbocycles. The van der Waals surface area contributed by atoms with Crippen molar-refractivity contribution in [3.8, 4) is 0 Å². The molecule has 0 aliphatic carbocycles. The van der Waals surface area contributed by atoms with E-state index in [1.54, 1.807) is 6.20 Å². The third kappa shape index (κ3) is 8.47. The number of ketones is 2. The van der Waals surface area contributed by atoms with Crippen LogP contribution in [0.25, 0.3) is 11.0 Å². The summed E-state index contributed by atoms with van der Waals surface area (Å²) in [6, 6.07) is 17.3. The number of aryl methyl sites for hydroxylation is 1. The number of fused-ring (bicyclic) bond motifs is 1. The van der Waals surface area contributed by atoms with Crippen molar-refractivity contribution in [3.05, 3.63) is 95.6 Å². The van der Waals surface area contributed by atoms with Crippen LogP contribution in [0.1, 0.15) is 66.3 Å². The van der Waals surface area contributed by atoms with E-state index in [0.29, 0.717) is 24.3 Å². The number of carbonyl (C=O) groups excluding carboxylic acids is 2. The molecule has 1 aliphatic heterocycles. The van der Waals surface area contributed by atoms with Gasteiger partial charge in [0.15, 0.2) is 17.2 Å². The lowest BCUT2D eigenvalue weighted by atomic mass is 9.96. The first-order valence-corrected chi connectivity index (χ1v) is 13.2. The highest BCUT2D eigenvalue weighted by Gasteiger charge is 2.26. The van der Waals surface area contributed by atoms with E-state index in [0.717, 1.165) is 17.5 Å². The van der Waals surface area contributed by atoms with Crippen LogP contribution in [0.3, 0.4) is 0 Å². The Balaban J connectivity index is 0.000000587. The zero-order valence-corrected chi connectivity index (χ0v) is 23.8. The van der Waals surface area contributed by atoms with Crippen molar-refractivity contribution in [2.45, 2.75) is 57.7 Å². The summed E-state index contributed by atoms with van der Waals surface area (Å²) in [5.41, 5.74) is -0.978. The number of rotatable bonds is 9. The van der Waals surface area contributed by atoms with Gasteiger partial charge in [-0.2, -0.15) is 0 Å². The number of ether oxygens (including phenoxy) is 1. The molecule has 10 heteroatoms. The maximum absolute atomic E-state index is 13.8. The van der Waals surface area contributed by atoms with Crippen LogP contribution in [0.5, 0.6) is 0 Å². The molecule has 0 bridgehead atoms. The van der Waals surface area contributed by atoms with Crippen molar-refractivity contribution in [2.75, 3.05) is 13.2 Å². The smallest absolute Gasteiger partial charge is 0.281 e. The molecule has 0 amide bonds. The van der Waals surface area contributed by atoms with Gasteiger partial charge in [-0.25, -0.2) is 18.2 Å². The Bertz CT molecular complexity index is 1420. The predicted octanol–water partition coefficient (Wildman–Crippen LogP) is 7.11. The van der Waals surface area contributed by atoms with Crippen LogP contribution in [0, 0.1) is 0 Å². The lowest BCUT2D eigenvalue weighted by molar-refractivity contribution is -0.128. The SMILES string of the molecule is CC(C)(F)C(=O)CCc1cnc(C(F)F)c(C(=O)Cc2cnc3c(ccn3[C@H]3CCOC3)c2)c1.Cl.c1ccccc1. The van der Waals surface area contributed by atoms with Crippen molar-refractivity contribution in [1.82, 2.24) is 14.5 Å². The Morgan fingerprint density at radius 2 is 1.71 bits per heavy atom. The number of halogens is 4. The van der Waals surface area contributed by atoms with Gasteiger partial charge in [0.1, 0.15) is 11.3 Å². The molecule has 218 valence electrons. The zero-order chi connectivity index (χ0) is 28.7. The predicted molar refractivity (Wildman–Crippen MR) is 154 cm³/mol. The van der Waals surface area contributed by atoms with Crippen molar-refractivity contribution in [3.63, 3.8) is 0 Å². The van der Waals surface area contributed by atoms with Gasteiger partial charge in [0.25, 0.3) is 6.43 Å². The number of carbonyl (C=O) groups is 2. The average molecular weight is 588 g/mol. The van der Waals surface area contributed by atoms with E-state index >= 15 is 0 Å². The molecule has 0 N–H and O–H groups in total. The topological polar surface area (TPSA) is 74.1 Å². The number of alkyl halides is 3. The van der Waals surface area contributed by atoms with Gasteiger partial charge in [0.05, 0.1) is 12.6 Å². The molecule has 4 aromatic rings. The maximum Gasteiger partial charge on any atom is 0.281 e. The summed E-state index contributed by atoms with van der Waals surface area (Å²) < 4.78 is 48.4. The number of benzene rings is 1. The number of hydrogen-bond donors (Lipinski definition) is 0. The Morgan fingerprint density at radius 1 is 1.05 bits per heavy atom. The summed E-state index contributed by atoms with van der Waals surface area (Å²) in [4.78, 5) is 33.1. The van der Waals surface area contributed by atoms with Crippen LogP contribution in [0.4, 0.5) is 13.2 Å². The molecule has 0 spiro atoms. The first-order valence-electron chi connectivity index (χ1n) is 13.2. The summed E-state index contributed by atoms with van der Waals surface area (Å²) in [7, 11) is 0. The van der Waals surface area contributed by atoms with E-state index in [1.807, 2.05) is 54.7 Å². The number of pyridine rings is 2. The largest absolute Gasteiger partial charge is 0.379 e. The van der Waals surface area contributed by atoms with Crippen LogP contribution < -0.4 is 0 Å². The summed E-state index contributed by atoms with van der Waals surface area (Å²) in [6.07, 6.45) is 2.56. The number of Topliss-reactive ketones (excluding diaryl/α,β-unsaturated/α-hetero) is 2. The lowest BCUT2D eigenvalue weighted by Gasteiger charge is -2.13. The van der Waals surface area contributed by atoms with Crippen LogP contribution in [0.15, 0.2) is 73.2 Å². The fourth-order valence-corrected chi connectivity index (χ4v) is 4.50. The Hall–Kier alpha value is -3.56. The van der Waals surface area contributed by atoms with Gasteiger partial charge in [-0.3, -0.25) is 14.6 Å². The van der Waals surface area contributed by atoms with Crippen molar-refractivity contribution >= 4 is 35.0 Å². The molecule has 5 rings (SSSR count). The first kappa shape index (κ1) is 32.0. The van der Waals surface area contributed by atoms with Crippen LogP contribution >= 0.6 is 12.4 Å². The van der Waals surface area contributed by atoms with Crippen molar-refractivity contribution in [1.29, 1.82) is 0 Å². The van der Waals surface area contributed by atoms with E-state index in [1.165, 1.54) is 26.1 Å². The molecule has 3 aromatic heterocycles. The van der Waals surface area contributed by atoms with Gasteiger partial charge >= 0.3 is 0 Å². The summed E-state index contributed by atoms with van der Waals surface area (Å²) in [6.45, 7) is 3.67. The van der Waals surface area contributed by atoms with Crippen molar-refractivity contribution < 1.29 is 27.5 Å². The molecule has 41 heavy (non-hydrogen) atoms. The highest BCUT2D eigenvalue weighted by atomic mass is 35.5. The number of aromatic nitrogens is 3. The third-order valence-corrected chi connectivity index (χ3v) is 6.73. The second-order valence-electron chi connectivity index (χ2n) is 10.2. The van der Waals surface area contributed by atoms with Crippen LogP contribution in [0.2, 0.25) is 0 Å². The molecule has 4 heterocycles. The normalized spacial score (nSPS) is 14.8. The first-order chi connectivity index (χ1) is 19.1. The minimum atomic E-state index is -2.93. The Labute approximate surface area is 243 Å². The molecule has 0 radical (unpaired) electrons. The molecule has 1 atom stereocenters. The highest BCUT2D eigenvalue weighted by molar-refractivity contribution is 5.99. The summed E-state index contributed by atoms with van der Waals surface area (Å²) in [5.74, 6) is -1.12. The minimum Gasteiger partial charge on any atom is -0.379 e. The maximum atomic E-state index is 13.8. The zero-order valence-electron chi connectivity index (χ0n) is 22.9.